The van der Waals surface area contributed by atoms with Gasteiger partial charge in [-0.2, -0.15) is 0 Å². The third-order valence-corrected chi connectivity index (χ3v) is 3.29. The molecule has 0 aliphatic heterocycles. The highest BCUT2D eigenvalue weighted by atomic mass is 19.1. The highest BCUT2D eigenvalue weighted by Crippen LogP contribution is 2.26. The molecule has 6 heteroatoms. The zero-order chi connectivity index (χ0) is 16.1. The van der Waals surface area contributed by atoms with Crippen molar-refractivity contribution in [2.75, 3.05) is 7.05 Å². The number of pyridine rings is 1. The summed E-state index contributed by atoms with van der Waals surface area (Å²) in [7, 11) is 1.49. The second kappa shape index (κ2) is 6.80. The van der Waals surface area contributed by atoms with E-state index >= 15 is 0 Å². The van der Waals surface area contributed by atoms with Crippen LogP contribution in [0.1, 0.15) is 18.5 Å². The Balaban J connectivity index is 2.37. The van der Waals surface area contributed by atoms with Crippen LogP contribution in [0.15, 0.2) is 47.7 Å². The van der Waals surface area contributed by atoms with Crippen molar-refractivity contribution in [1.29, 1.82) is 0 Å². The van der Waals surface area contributed by atoms with Gasteiger partial charge in [-0.1, -0.05) is 12.1 Å². The summed E-state index contributed by atoms with van der Waals surface area (Å²) in [6.07, 6.45) is 3.93. The first-order chi connectivity index (χ1) is 10.5. The Bertz CT molecular complexity index is 688. The molecule has 1 atom stereocenters. The fraction of sp³-hybridized carbons (Fsp3) is 0.188. The molecule has 1 aromatic heterocycles. The van der Waals surface area contributed by atoms with Crippen molar-refractivity contribution in [1.82, 2.24) is 9.88 Å². The smallest absolute Gasteiger partial charge is 0.216 e. The fourth-order valence-electron chi connectivity index (χ4n) is 1.99. The quantitative estimate of drug-likeness (QED) is 0.535. The zero-order valence-electron chi connectivity index (χ0n) is 12.4. The maximum absolute atomic E-state index is 14.1. The number of carbonyl (C=O) groups excluding carboxylic acids is 1. The van der Waals surface area contributed by atoms with E-state index in [1.165, 1.54) is 13.1 Å². The van der Waals surface area contributed by atoms with Crippen LogP contribution in [-0.2, 0) is 4.79 Å². The van der Waals surface area contributed by atoms with Gasteiger partial charge in [0.25, 0.3) is 0 Å². The predicted molar refractivity (Wildman–Crippen MR) is 83.5 cm³/mol. The van der Waals surface area contributed by atoms with Gasteiger partial charge in [0.2, 0.25) is 6.41 Å². The van der Waals surface area contributed by atoms with Crippen LogP contribution in [0, 0.1) is 5.82 Å². The van der Waals surface area contributed by atoms with Gasteiger partial charge in [0, 0.05) is 30.6 Å². The van der Waals surface area contributed by atoms with Crippen LogP contribution < -0.4 is 5.73 Å². The highest BCUT2D eigenvalue weighted by Gasteiger charge is 2.13. The van der Waals surface area contributed by atoms with Crippen molar-refractivity contribution >= 4 is 12.4 Å². The van der Waals surface area contributed by atoms with Gasteiger partial charge in [0.05, 0.1) is 6.04 Å². The molecule has 2 aromatic rings. The number of rotatable bonds is 4. The Labute approximate surface area is 128 Å². The van der Waals surface area contributed by atoms with Crippen molar-refractivity contribution in [2.24, 2.45) is 10.7 Å². The Morgan fingerprint density at radius 2 is 2.18 bits per heavy atom. The van der Waals surface area contributed by atoms with Gasteiger partial charge in [-0.25, -0.2) is 9.38 Å². The van der Waals surface area contributed by atoms with Crippen LogP contribution in [-0.4, -0.2) is 29.3 Å². The third kappa shape index (κ3) is 3.46. The molecule has 0 saturated carbocycles. The van der Waals surface area contributed by atoms with Crippen molar-refractivity contribution < 1.29 is 9.18 Å². The molecule has 1 unspecified atom stereocenters. The van der Waals surface area contributed by atoms with Crippen LogP contribution in [0.4, 0.5) is 4.39 Å². The summed E-state index contributed by atoms with van der Waals surface area (Å²) in [5.41, 5.74) is 7.81. The van der Waals surface area contributed by atoms with E-state index in [1.54, 1.807) is 31.5 Å². The topological polar surface area (TPSA) is 71.6 Å². The summed E-state index contributed by atoms with van der Waals surface area (Å²) in [5.74, 6) is -0.334. The number of hydrogen-bond donors (Lipinski definition) is 1. The van der Waals surface area contributed by atoms with E-state index in [2.05, 4.69) is 9.98 Å². The summed E-state index contributed by atoms with van der Waals surface area (Å²) < 4.78 is 14.1. The summed E-state index contributed by atoms with van der Waals surface area (Å²) in [6.45, 7) is 1.72. The number of guanidine groups is 1. The molecule has 114 valence electrons. The van der Waals surface area contributed by atoms with Crippen LogP contribution in [0.2, 0.25) is 0 Å². The Morgan fingerprint density at radius 1 is 1.41 bits per heavy atom. The molecule has 22 heavy (non-hydrogen) atoms. The Kier molecular flexibility index (Phi) is 4.83. The molecule has 2 N–H and O–H groups in total. The van der Waals surface area contributed by atoms with E-state index in [4.69, 9.17) is 5.73 Å². The van der Waals surface area contributed by atoms with Crippen molar-refractivity contribution in [3.05, 3.63) is 54.1 Å². The molecule has 0 bridgehead atoms. The first kappa shape index (κ1) is 15.6. The van der Waals surface area contributed by atoms with Gasteiger partial charge in [-0.15, -0.1) is 0 Å². The number of carbonyl (C=O) groups is 1. The molecule has 0 aliphatic rings. The van der Waals surface area contributed by atoms with Crippen LogP contribution >= 0.6 is 0 Å². The lowest BCUT2D eigenvalue weighted by Gasteiger charge is -2.14. The van der Waals surface area contributed by atoms with Crippen molar-refractivity contribution in [3.8, 4) is 11.1 Å². The highest BCUT2D eigenvalue weighted by molar-refractivity contribution is 5.87. The summed E-state index contributed by atoms with van der Waals surface area (Å²) in [4.78, 5) is 20.0. The minimum Gasteiger partial charge on any atom is -0.369 e. The molecule has 0 aliphatic carbocycles. The Hall–Kier alpha value is -2.76. The second-order valence-electron chi connectivity index (χ2n) is 4.86. The monoisotopic (exact) mass is 300 g/mol. The summed E-state index contributed by atoms with van der Waals surface area (Å²) >= 11 is 0. The van der Waals surface area contributed by atoms with Crippen LogP contribution in [0.5, 0.6) is 0 Å². The molecular formula is C16H17FN4O. The zero-order valence-corrected chi connectivity index (χ0v) is 12.4. The Morgan fingerprint density at radius 3 is 2.82 bits per heavy atom. The normalized spacial score (nSPS) is 12.8. The van der Waals surface area contributed by atoms with E-state index in [0.717, 1.165) is 16.0 Å². The first-order valence-electron chi connectivity index (χ1n) is 6.74. The first-order valence-corrected chi connectivity index (χ1v) is 6.74. The lowest BCUT2D eigenvalue weighted by atomic mass is 10.0. The van der Waals surface area contributed by atoms with Gasteiger partial charge in [0.15, 0.2) is 5.96 Å². The van der Waals surface area contributed by atoms with Crippen molar-refractivity contribution in [2.45, 2.75) is 13.0 Å². The molecule has 0 radical (unpaired) electrons. The van der Waals surface area contributed by atoms with Crippen LogP contribution in [0.25, 0.3) is 11.1 Å². The average molecular weight is 300 g/mol. The number of nitrogens with two attached hydrogens (primary N) is 1. The van der Waals surface area contributed by atoms with E-state index < -0.39 is 6.04 Å². The van der Waals surface area contributed by atoms with E-state index in [9.17, 15) is 9.18 Å². The number of amides is 1. The van der Waals surface area contributed by atoms with Gasteiger partial charge in [-0.05, 0) is 30.7 Å². The number of nitrogens with zero attached hydrogens (tertiary/aromatic N) is 3. The lowest BCUT2D eigenvalue weighted by molar-refractivity contribution is -0.114. The minimum atomic E-state index is -0.515. The summed E-state index contributed by atoms with van der Waals surface area (Å²) in [5, 5.41) is 0. The van der Waals surface area contributed by atoms with Gasteiger partial charge in [0.1, 0.15) is 5.82 Å². The predicted octanol–water partition coefficient (Wildman–Crippen LogP) is 2.35. The maximum atomic E-state index is 14.1. The van der Waals surface area contributed by atoms with Gasteiger partial charge in [-0.3, -0.25) is 14.7 Å². The third-order valence-electron chi connectivity index (χ3n) is 3.29. The average Bonchev–Trinajstić information content (AvgIpc) is 2.55. The summed E-state index contributed by atoms with van der Waals surface area (Å²) in [6, 6.07) is 7.99. The van der Waals surface area contributed by atoms with Crippen molar-refractivity contribution in [3.63, 3.8) is 0 Å². The lowest BCUT2D eigenvalue weighted by Crippen LogP contribution is -2.33. The molecule has 0 fully saturated rings. The molecule has 1 amide bonds. The number of benzene rings is 1. The molecule has 0 saturated heterocycles. The molecular weight excluding hydrogens is 283 g/mol. The molecule has 5 nitrogen and oxygen atoms in total. The maximum Gasteiger partial charge on any atom is 0.216 e. The SMILES string of the molecule is CC(N=C(N)N(C)C=O)c1cc(-c2cccnc2)ccc1F. The largest absolute Gasteiger partial charge is 0.369 e. The number of halogens is 1. The van der Waals surface area contributed by atoms with E-state index in [0.29, 0.717) is 12.0 Å². The number of aromatic nitrogens is 1. The fourth-order valence-corrected chi connectivity index (χ4v) is 1.99. The number of aliphatic imine (C=N–C) groups is 1. The van der Waals surface area contributed by atoms with E-state index in [-0.39, 0.29) is 11.8 Å². The van der Waals surface area contributed by atoms with Crippen LogP contribution in [0.3, 0.4) is 0 Å². The molecule has 1 aromatic carbocycles. The molecule has 1 heterocycles. The molecule has 0 spiro atoms. The standard InChI is InChI=1S/C16H17FN4O/c1-11(20-16(18)21(2)10-22)14-8-12(5-6-15(14)17)13-4-3-7-19-9-13/h3-11H,1-2H3,(H2,18,20). The minimum absolute atomic E-state index is 0.0358. The van der Waals surface area contributed by atoms with Gasteiger partial charge >= 0.3 is 0 Å². The second-order valence-corrected chi connectivity index (χ2v) is 4.86. The number of hydrogen-bond acceptors (Lipinski definition) is 3. The molecule has 2 rings (SSSR count). The van der Waals surface area contributed by atoms with Gasteiger partial charge < -0.3 is 5.73 Å². The van der Waals surface area contributed by atoms with E-state index in [1.807, 2.05) is 12.1 Å².